The number of hydrogen-bond acceptors (Lipinski definition) is 3. The molecule has 0 aromatic rings. The SMILES string of the molecule is CSC(C)CC(=O)NC(C)(CC(=O)O)C(C)C. The van der Waals surface area contributed by atoms with E-state index in [1.54, 1.807) is 18.7 Å². The fraction of sp³-hybridized carbons (Fsp3) is 0.833. The van der Waals surface area contributed by atoms with Gasteiger partial charge >= 0.3 is 5.97 Å². The topological polar surface area (TPSA) is 66.4 Å². The first kappa shape index (κ1) is 16.3. The van der Waals surface area contributed by atoms with Crippen LogP contribution in [-0.2, 0) is 9.59 Å². The summed E-state index contributed by atoms with van der Waals surface area (Å²) in [6, 6.07) is 0. The van der Waals surface area contributed by atoms with Crippen LogP contribution < -0.4 is 5.32 Å². The summed E-state index contributed by atoms with van der Waals surface area (Å²) < 4.78 is 0. The lowest BCUT2D eigenvalue weighted by atomic mass is 9.85. The third kappa shape index (κ3) is 5.96. The number of carboxylic acid groups (broad SMARTS) is 1. The van der Waals surface area contributed by atoms with Gasteiger partial charge in [0.1, 0.15) is 0 Å². The van der Waals surface area contributed by atoms with Gasteiger partial charge in [0.15, 0.2) is 0 Å². The average Bonchev–Trinajstić information content (AvgIpc) is 2.15. The molecule has 1 amide bonds. The van der Waals surface area contributed by atoms with E-state index in [9.17, 15) is 9.59 Å². The van der Waals surface area contributed by atoms with Crippen LogP contribution in [0, 0.1) is 5.92 Å². The van der Waals surface area contributed by atoms with Crippen LogP contribution in [0.5, 0.6) is 0 Å². The smallest absolute Gasteiger partial charge is 0.305 e. The third-order valence-electron chi connectivity index (χ3n) is 3.09. The molecule has 0 rings (SSSR count). The molecule has 0 heterocycles. The van der Waals surface area contributed by atoms with Gasteiger partial charge in [-0.2, -0.15) is 11.8 Å². The van der Waals surface area contributed by atoms with Gasteiger partial charge in [-0.25, -0.2) is 0 Å². The van der Waals surface area contributed by atoms with Gasteiger partial charge < -0.3 is 10.4 Å². The van der Waals surface area contributed by atoms with Crippen molar-refractivity contribution in [2.24, 2.45) is 5.92 Å². The number of hydrogen-bond donors (Lipinski definition) is 2. The summed E-state index contributed by atoms with van der Waals surface area (Å²) in [6.45, 7) is 7.60. The Hall–Kier alpha value is -0.710. The van der Waals surface area contributed by atoms with E-state index in [1.807, 2.05) is 27.0 Å². The first-order valence-corrected chi connectivity index (χ1v) is 7.05. The molecule has 0 aliphatic carbocycles. The highest BCUT2D eigenvalue weighted by atomic mass is 32.2. The maximum atomic E-state index is 11.8. The van der Waals surface area contributed by atoms with Gasteiger partial charge in [0.2, 0.25) is 5.91 Å². The van der Waals surface area contributed by atoms with Crippen molar-refractivity contribution in [3.8, 4) is 0 Å². The molecule has 2 atom stereocenters. The molecule has 17 heavy (non-hydrogen) atoms. The molecule has 0 bridgehead atoms. The molecule has 2 N–H and O–H groups in total. The lowest BCUT2D eigenvalue weighted by molar-refractivity contribution is -0.139. The van der Waals surface area contributed by atoms with Crippen molar-refractivity contribution in [3.63, 3.8) is 0 Å². The maximum Gasteiger partial charge on any atom is 0.305 e. The van der Waals surface area contributed by atoms with Gasteiger partial charge in [-0.1, -0.05) is 20.8 Å². The Balaban J connectivity index is 4.54. The molecule has 0 spiro atoms. The second-order valence-electron chi connectivity index (χ2n) is 4.94. The monoisotopic (exact) mass is 261 g/mol. The zero-order valence-electron chi connectivity index (χ0n) is 11.2. The minimum absolute atomic E-state index is 0.0515. The van der Waals surface area contributed by atoms with Crippen LogP contribution in [0.3, 0.4) is 0 Å². The Labute approximate surface area is 108 Å². The normalized spacial score (nSPS) is 16.4. The van der Waals surface area contributed by atoms with Crippen molar-refractivity contribution in [2.45, 2.75) is 51.3 Å². The molecule has 0 aliphatic rings. The Morgan fingerprint density at radius 3 is 2.24 bits per heavy atom. The second-order valence-corrected chi connectivity index (χ2v) is 6.22. The van der Waals surface area contributed by atoms with Crippen molar-refractivity contribution in [1.29, 1.82) is 0 Å². The first-order valence-electron chi connectivity index (χ1n) is 5.77. The summed E-state index contributed by atoms with van der Waals surface area (Å²) in [5, 5.41) is 12.0. The lowest BCUT2D eigenvalue weighted by Gasteiger charge is -2.33. The van der Waals surface area contributed by atoms with Crippen molar-refractivity contribution < 1.29 is 14.7 Å². The molecule has 100 valence electrons. The summed E-state index contributed by atoms with van der Waals surface area (Å²) >= 11 is 1.62. The fourth-order valence-corrected chi connectivity index (χ4v) is 1.74. The molecule has 4 nitrogen and oxygen atoms in total. The second kappa shape index (κ2) is 6.89. The van der Waals surface area contributed by atoms with E-state index in [2.05, 4.69) is 5.32 Å². The quantitative estimate of drug-likeness (QED) is 0.737. The third-order valence-corrected chi connectivity index (χ3v) is 4.06. The summed E-state index contributed by atoms with van der Waals surface area (Å²) in [7, 11) is 0. The van der Waals surface area contributed by atoms with Gasteiger partial charge in [0.05, 0.1) is 6.42 Å². The van der Waals surface area contributed by atoms with E-state index in [0.717, 1.165) is 0 Å². The minimum atomic E-state index is -0.889. The number of aliphatic carboxylic acids is 1. The number of carboxylic acids is 1. The minimum Gasteiger partial charge on any atom is -0.481 e. The maximum absolute atomic E-state index is 11.8. The van der Waals surface area contributed by atoms with Crippen molar-refractivity contribution in [2.75, 3.05) is 6.26 Å². The van der Waals surface area contributed by atoms with Gasteiger partial charge in [0.25, 0.3) is 0 Å². The lowest BCUT2D eigenvalue weighted by Crippen LogP contribution is -2.51. The summed E-state index contributed by atoms with van der Waals surface area (Å²) in [5.41, 5.74) is -0.680. The molecule has 2 unspecified atom stereocenters. The van der Waals surface area contributed by atoms with Crippen molar-refractivity contribution in [3.05, 3.63) is 0 Å². The molecule has 0 aromatic carbocycles. The predicted molar refractivity (Wildman–Crippen MR) is 71.2 cm³/mol. The first-order chi connectivity index (χ1) is 7.71. The highest BCUT2D eigenvalue weighted by Gasteiger charge is 2.32. The van der Waals surface area contributed by atoms with E-state index in [4.69, 9.17) is 5.11 Å². The number of carbonyl (C=O) groups excluding carboxylic acids is 1. The molecule has 0 saturated carbocycles. The van der Waals surface area contributed by atoms with Gasteiger partial charge in [0, 0.05) is 17.2 Å². The Morgan fingerprint density at radius 2 is 1.88 bits per heavy atom. The highest BCUT2D eigenvalue weighted by molar-refractivity contribution is 7.99. The fourth-order valence-electron chi connectivity index (χ4n) is 1.42. The van der Waals surface area contributed by atoms with Crippen LogP contribution in [0.2, 0.25) is 0 Å². The molecule has 5 heteroatoms. The zero-order valence-corrected chi connectivity index (χ0v) is 12.1. The summed E-state index contributed by atoms with van der Waals surface area (Å²) in [5.74, 6) is -0.893. The van der Waals surface area contributed by atoms with Crippen LogP contribution in [0.15, 0.2) is 0 Å². The summed E-state index contributed by atoms with van der Waals surface area (Å²) in [4.78, 5) is 22.6. The Morgan fingerprint density at radius 1 is 1.35 bits per heavy atom. The van der Waals surface area contributed by atoms with Crippen molar-refractivity contribution >= 4 is 23.6 Å². The number of nitrogens with one attached hydrogen (secondary N) is 1. The van der Waals surface area contributed by atoms with E-state index in [-0.39, 0.29) is 23.5 Å². The van der Waals surface area contributed by atoms with E-state index >= 15 is 0 Å². The van der Waals surface area contributed by atoms with Crippen LogP contribution in [-0.4, -0.2) is 34.0 Å². The largest absolute Gasteiger partial charge is 0.481 e. The van der Waals surface area contributed by atoms with Crippen molar-refractivity contribution in [1.82, 2.24) is 5.32 Å². The number of rotatable bonds is 7. The molecule has 0 aromatic heterocycles. The van der Waals surface area contributed by atoms with Crippen LogP contribution >= 0.6 is 11.8 Å². The molecular formula is C12H23NO3S. The number of carbonyl (C=O) groups is 2. The molecule has 0 saturated heterocycles. The zero-order chi connectivity index (χ0) is 13.6. The summed E-state index contributed by atoms with van der Waals surface area (Å²) in [6.07, 6.45) is 2.32. The van der Waals surface area contributed by atoms with E-state index in [0.29, 0.717) is 6.42 Å². The van der Waals surface area contributed by atoms with Gasteiger partial charge in [-0.05, 0) is 19.1 Å². The molecular weight excluding hydrogens is 238 g/mol. The Kier molecular flexibility index (Phi) is 6.60. The average molecular weight is 261 g/mol. The van der Waals surface area contributed by atoms with E-state index < -0.39 is 11.5 Å². The van der Waals surface area contributed by atoms with Gasteiger partial charge in [-0.15, -0.1) is 0 Å². The van der Waals surface area contributed by atoms with Gasteiger partial charge in [-0.3, -0.25) is 9.59 Å². The highest BCUT2D eigenvalue weighted by Crippen LogP contribution is 2.21. The predicted octanol–water partition coefficient (Wildman–Crippen LogP) is 2.13. The number of amides is 1. The standard InChI is InChI=1S/C12H23NO3S/c1-8(2)12(4,7-11(15)16)13-10(14)6-9(3)17-5/h8-9H,6-7H2,1-5H3,(H,13,14)(H,15,16). The molecule has 0 aliphatic heterocycles. The molecule has 0 fully saturated rings. The van der Waals surface area contributed by atoms with E-state index in [1.165, 1.54) is 0 Å². The Bertz CT molecular complexity index is 281. The number of thioether (sulfide) groups is 1. The van der Waals surface area contributed by atoms with Crippen LogP contribution in [0.1, 0.15) is 40.5 Å². The van der Waals surface area contributed by atoms with Crippen LogP contribution in [0.25, 0.3) is 0 Å². The molecule has 0 radical (unpaired) electrons. The van der Waals surface area contributed by atoms with Crippen LogP contribution in [0.4, 0.5) is 0 Å².